The molecule has 2 unspecified atom stereocenters. The minimum absolute atomic E-state index is 0.173. The maximum absolute atomic E-state index is 11.4. The largest absolute Gasteiger partial charge is 0.459 e. The number of nitrogens with two attached hydrogens (primary N) is 1. The lowest BCUT2D eigenvalue weighted by Crippen LogP contribution is -2.47. The summed E-state index contributed by atoms with van der Waals surface area (Å²) < 4.78 is 5.41. The summed E-state index contributed by atoms with van der Waals surface area (Å²) in [5.74, 6) is -0.184. The molecular formula is C23H45NO2. The van der Waals surface area contributed by atoms with Gasteiger partial charge in [0, 0.05) is 17.5 Å². The number of hydrogen-bond acceptors (Lipinski definition) is 3. The van der Waals surface area contributed by atoms with Gasteiger partial charge in [-0.25, -0.2) is 4.79 Å². The molecule has 3 heteroatoms. The summed E-state index contributed by atoms with van der Waals surface area (Å²) in [6.07, 6.45) is 18.2. The summed E-state index contributed by atoms with van der Waals surface area (Å²) >= 11 is 0. The highest BCUT2D eigenvalue weighted by Crippen LogP contribution is 2.26. The molecular weight excluding hydrogens is 322 g/mol. The van der Waals surface area contributed by atoms with Crippen LogP contribution in [0.4, 0.5) is 0 Å². The number of carbonyl (C=O) groups is 1. The summed E-state index contributed by atoms with van der Waals surface area (Å²) in [5.41, 5.74) is 5.97. The first kappa shape index (κ1) is 25.2. The Labute approximate surface area is 163 Å². The second-order valence-electron chi connectivity index (χ2n) is 8.45. The van der Waals surface area contributed by atoms with Crippen LogP contribution in [0.2, 0.25) is 0 Å². The predicted molar refractivity (Wildman–Crippen MR) is 113 cm³/mol. The summed E-state index contributed by atoms with van der Waals surface area (Å²) in [6, 6.07) is 0. The lowest BCUT2D eigenvalue weighted by Gasteiger charge is -2.34. The molecule has 0 spiro atoms. The average molecular weight is 368 g/mol. The maximum Gasteiger partial charge on any atom is 0.330 e. The van der Waals surface area contributed by atoms with E-state index in [1.54, 1.807) is 0 Å². The maximum atomic E-state index is 11.4. The minimum Gasteiger partial charge on any atom is -0.459 e. The molecule has 2 atom stereocenters. The Hall–Kier alpha value is -0.830. The highest BCUT2D eigenvalue weighted by atomic mass is 16.5. The summed E-state index contributed by atoms with van der Waals surface area (Å²) in [7, 11) is 0. The van der Waals surface area contributed by atoms with E-state index >= 15 is 0 Å². The Morgan fingerprint density at radius 3 is 1.77 bits per heavy atom. The Morgan fingerprint density at radius 2 is 1.38 bits per heavy atom. The molecule has 0 aromatic heterocycles. The molecule has 0 heterocycles. The zero-order valence-corrected chi connectivity index (χ0v) is 18.0. The van der Waals surface area contributed by atoms with Crippen LogP contribution in [0.1, 0.15) is 111 Å². The van der Waals surface area contributed by atoms with Crippen molar-refractivity contribution in [1.82, 2.24) is 0 Å². The molecule has 0 fully saturated rings. The zero-order chi connectivity index (χ0) is 19.8. The number of unbranched alkanes of at least 4 members (excludes halogenated alkanes) is 11. The number of carbonyl (C=O) groups excluding carboxylic acids is 1. The normalized spacial score (nSPS) is 14.0. The molecule has 0 rings (SSSR count). The molecule has 0 aromatic carbocycles. The van der Waals surface area contributed by atoms with Gasteiger partial charge in [0.1, 0.15) is 6.10 Å². The third kappa shape index (κ3) is 13.4. The van der Waals surface area contributed by atoms with Gasteiger partial charge < -0.3 is 10.5 Å². The second-order valence-corrected chi connectivity index (χ2v) is 8.45. The van der Waals surface area contributed by atoms with Crippen LogP contribution in [0.15, 0.2) is 12.7 Å². The van der Waals surface area contributed by atoms with Crippen LogP contribution in [-0.4, -0.2) is 17.6 Å². The van der Waals surface area contributed by atoms with Crippen LogP contribution in [0.3, 0.4) is 0 Å². The SMILES string of the molecule is C=CC(=O)OC(C)C(CCCCCCCCCCCCCC)C(C)(C)N. The number of esters is 1. The fourth-order valence-electron chi connectivity index (χ4n) is 3.73. The zero-order valence-electron chi connectivity index (χ0n) is 18.0. The molecule has 0 aliphatic heterocycles. The van der Waals surface area contributed by atoms with Gasteiger partial charge >= 0.3 is 5.97 Å². The van der Waals surface area contributed by atoms with Crippen LogP contribution >= 0.6 is 0 Å². The van der Waals surface area contributed by atoms with Crippen molar-refractivity contribution in [2.45, 2.75) is 123 Å². The van der Waals surface area contributed by atoms with Gasteiger partial charge in [-0.1, -0.05) is 90.6 Å². The molecule has 154 valence electrons. The van der Waals surface area contributed by atoms with Crippen LogP contribution in [0, 0.1) is 5.92 Å². The predicted octanol–water partition coefficient (Wildman–Crippen LogP) is 6.55. The van der Waals surface area contributed by atoms with Crippen LogP contribution < -0.4 is 5.73 Å². The van der Waals surface area contributed by atoms with Crippen molar-refractivity contribution in [3.63, 3.8) is 0 Å². The number of ether oxygens (including phenoxy) is 1. The lowest BCUT2D eigenvalue weighted by molar-refractivity contribution is -0.145. The molecule has 0 bridgehead atoms. The topological polar surface area (TPSA) is 52.3 Å². The summed E-state index contributed by atoms with van der Waals surface area (Å²) in [6.45, 7) is 11.7. The smallest absolute Gasteiger partial charge is 0.330 e. The minimum atomic E-state index is -0.360. The second kappa shape index (κ2) is 15.2. The third-order valence-electron chi connectivity index (χ3n) is 5.36. The third-order valence-corrected chi connectivity index (χ3v) is 5.36. The number of hydrogen-bond donors (Lipinski definition) is 1. The first-order valence-electron chi connectivity index (χ1n) is 10.9. The molecule has 0 saturated carbocycles. The highest BCUT2D eigenvalue weighted by molar-refractivity contribution is 5.81. The van der Waals surface area contributed by atoms with E-state index in [9.17, 15) is 4.79 Å². The number of rotatable bonds is 17. The Morgan fingerprint density at radius 1 is 0.962 bits per heavy atom. The molecule has 0 amide bonds. The fourth-order valence-corrected chi connectivity index (χ4v) is 3.73. The van der Waals surface area contributed by atoms with E-state index in [0.717, 1.165) is 12.8 Å². The molecule has 0 saturated heterocycles. The monoisotopic (exact) mass is 367 g/mol. The van der Waals surface area contributed by atoms with Crippen molar-refractivity contribution in [3.05, 3.63) is 12.7 Å². The Kier molecular flexibility index (Phi) is 14.8. The summed E-state index contributed by atoms with van der Waals surface area (Å²) in [5, 5.41) is 0. The van der Waals surface area contributed by atoms with Gasteiger partial charge in [0.2, 0.25) is 0 Å². The molecule has 3 nitrogen and oxygen atoms in total. The van der Waals surface area contributed by atoms with Gasteiger partial charge in [-0.05, 0) is 27.2 Å². The molecule has 0 radical (unpaired) electrons. The van der Waals surface area contributed by atoms with Crippen molar-refractivity contribution in [2.24, 2.45) is 11.7 Å². The van der Waals surface area contributed by atoms with Crippen molar-refractivity contribution >= 4 is 5.97 Å². The van der Waals surface area contributed by atoms with E-state index in [0.29, 0.717) is 0 Å². The quantitative estimate of drug-likeness (QED) is 0.180. The van der Waals surface area contributed by atoms with E-state index in [-0.39, 0.29) is 23.5 Å². The van der Waals surface area contributed by atoms with E-state index in [1.165, 1.54) is 76.7 Å². The lowest BCUT2D eigenvalue weighted by atomic mass is 9.80. The molecule has 0 aromatic rings. The molecule has 0 aliphatic rings. The molecule has 0 aliphatic carbocycles. The van der Waals surface area contributed by atoms with E-state index < -0.39 is 0 Å². The highest BCUT2D eigenvalue weighted by Gasteiger charge is 2.31. The summed E-state index contributed by atoms with van der Waals surface area (Å²) in [4.78, 5) is 11.4. The fraction of sp³-hybridized carbons (Fsp3) is 0.870. The standard InChI is InChI=1S/C23H45NO2/c1-6-8-9-10-11-12-13-14-15-16-17-18-19-21(23(4,5)24)20(3)26-22(25)7-2/h7,20-21H,2,6,8-19,24H2,1,3-5H3. The first-order chi connectivity index (χ1) is 12.3. The van der Waals surface area contributed by atoms with E-state index in [2.05, 4.69) is 13.5 Å². The Balaban J connectivity index is 3.80. The molecule has 26 heavy (non-hydrogen) atoms. The van der Waals surface area contributed by atoms with Crippen molar-refractivity contribution in [1.29, 1.82) is 0 Å². The van der Waals surface area contributed by atoms with Gasteiger partial charge in [0.15, 0.2) is 0 Å². The van der Waals surface area contributed by atoms with Crippen molar-refractivity contribution in [3.8, 4) is 0 Å². The van der Waals surface area contributed by atoms with E-state index in [1.807, 2.05) is 20.8 Å². The molecule has 2 N–H and O–H groups in total. The van der Waals surface area contributed by atoms with Crippen LogP contribution in [-0.2, 0) is 9.53 Å². The van der Waals surface area contributed by atoms with Crippen LogP contribution in [0.25, 0.3) is 0 Å². The van der Waals surface area contributed by atoms with Gasteiger partial charge in [-0.3, -0.25) is 0 Å². The average Bonchev–Trinajstić information content (AvgIpc) is 2.57. The van der Waals surface area contributed by atoms with Crippen molar-refractivity contribution in [2.75, 3.05) is 0 Å². The van der Waals surface area contributed by atoms with Crippen LogP contribution in [0.5, 0.6) is 0 Å². The van der Waals surface area contributed by atoms with E-state index in [4.69, 9.17) is 10.5 Å². The van der Waals surface area contributed by atoms with Gasteiger partial charge in [0.05, 0.1) is 0 Å². The first-order valence-corrected chi connectivity index (χ1v) is 10.9. The Bertz CT molecular complexity index is 360. The van der Waals surface area contributed by atoms with Gasteiger partial charge in [-0.2, -0.15) is 0 Å². The van der Waals surface area contributed by atoms with Gasteiger partial charge in [0.25, 0.3) is 0 Å². The van der Waals surface area contributed by atoms with Gasteiger partial charge in [-0.15, -0.1) is 0 Å². The van der Waals surface area contributed by atoms with Crippen molar-refractivity contribution < 1.29 is 9.53 Å².